The van der Waals surface area contributed by atoms with Gasteiger partial charge in [0.05, 0.1) is 22.6 Å². The largest absolute Gasteiger partial charge is 0.457 e. The van der Waals surface area contributed by atoms with Crippen LogP contribution in [0, 0.1) is 13.8 Å². The first-order chi connectivity index (χ1) is 19.0. The molecular formula is C35H34N4O. The first kappa shape index (κ1) is 24.6. The van der Waals surface area contributed by atoms with Gasteiger partial charge in [-0.3, -0.25) is 4.57 Å². The topological polar surface area (TPSA) is 44.9 Å². The predicted molar refractivity (Wildman–Crippen MR) is 163 cm³/mol. The van der Waals surface area contributed by atoms with Crippen molar-refractivity contribution in [2.45, 2.75) is 59.3 Å². The Morgan fingerprint density at radius 1 is 0.800 bits per heavy atom. The molecular weight excluding hydrogens is 492 g/mol. The second-order valence-electron chi connectivity index (χ2n) is 12.6. The van der Waals surface area contributed by atoms with E-state index < -0.39 is 0 Å². The molecule has 0 atom stereocenters. The average molecular weight is 527 g/mol. The Kier molecular flexibility index (Phi) is 5.12. The van der Waals surface area contributed by atoms with Gasteiger partial charge in [0, 0.05) is 40.2 Å². The summed E-state index contributed by atoms with van der Waals surface area (Å²) in [5.41, 5.74) is 10.2. The molecule has 200 valence electrons. The van der Waals surface area contributed by atoms with Gasteiger partial charge in [0.1, 0.15) is 17.1 Å². The molecule has 0 saturated carbocycles. The third-order valence-corrected chi connectivity index (χ3v) is 8.35. The van der Waals surface area contributed by atoms with Crippen LogP contribution >= 0.6 is 0 Å². The fraction of sp³-hybridized carbons (Fsp3) is 0.257. The van der Waals surface area contributed by atoms with E-state index in [1.807, 2.05) is 42.1 Å². The third kappa shape index (κ3) is 3.60. The summed E-state index contributed by atoms with van der Waals surface area (Å²) in [5.74, 6) is 1.57. The van der Waals surface area contributed by atoms with E-state index in [0.29, 0.717) is 0 Å². The smallest absolute Gasteiger partial charge is 0.145 e. The molecule has 7 rings (SSSR count). The van der Waals surface area contributed by atoms with Crippen molar-refractivity contribution in [1.82, 2.24) is 19.3 Å². The van der Waals surface area contributed by atoms with Crippen LogP contribution in [0.1, 0.15) is 62.7 Å². The zero-order valence-electron chi connectivity index (χ0n) is 24.2. The highest BCUT2D eigenvalue weighted by Gasteiger charge is 2.37. The van der Waals surface area contributed by atoms with Crippen molar-refractivity contribution in [3.63, 3.8) is 0 Å². The molecule has 4 heterocycles. The highest BCUT2D eigenvalue weighted by molar-refractivity contribution is 6.10. The number of aromatic nitrogens is 4. The molecule has 0 fully saturated rings. The molecule has 40 heavy (non-hydrogen) atoms. The maximum Gasteiger partial charge on any atom is 0.145 e. The molecule has 0 amide bonds. The lowest BCUT2D eigenvalue weighted by atomic mass is 9.72. The second kappa shape index (κ2) is 8.31. The fourth-order valence-electron chi connectivity index (χ4n) is 6.25. The zero-order valence-corrected chi connectivity index (χ0v) is 24.2. The van der Waals surface area contributed by atoms with Crippen LogP contribution < -0.4 is 4.74 Å². The van der Waals surface area contributed by atoms with Gasteiger partial charge in [0.15, 0.2) is 0 Å². The van der Waals surface area contributed by atoms with E-state index in [1.54, 1.807) is 0 Å². The molecule has 5 heteroatoms. The molecule has 5 nitrogen and oxygen atoms in total. The summed E-state index contributed by atoms with van der Waals surface area (Å²) in [6, 6.07) is 25.7. The molecule has 1 aliphatic heterocycles. The lowest BCUT2D eigenvalue weighted by molar-refractivity contribution is 0.480. The lowest BCUT2D eigenvalue weighted by Gasteiger charge is -2.36. The van der Waals surface area contributed by atoms with Crippen LogP contribution in [0.15, 0.2) is 79.0 Å². The third-order valence-electron chi connectivity index (χ3n) is 8.35. The average Bonchev–Trinajstić information content (AvgIpc) is 3.43. The van der Waals surface area contributed by atoms with Gasteiger partial charge in [0.2, 0.25) is 0 Å². The minimum absolute atomic E-state index is 0.0390. The second-order valence-corrected chi connectivity index (χ2v) is 12.6. The SMILES string of the molecule is Cc1cc(C)n(-c2cccc(Oc3ccc4c(c3)-n3c5ncccc5c5cc(C(C)(C)C)cc(c53)C4(C)C)c2)n1. The molecule has 1 aliphatic rings. The van der Waals surface area contributed by atoms with Gasteiger partial charge in [-0.1, -0.05) is 52.8 Å². The van der Waals surface area contributed by atoms with Crippen molar-refractivity contribution < 1.29 is 4.74 Å². The highest BCUT2D eigenvalue weighted by Crippen LogP contribution is 2.49. The van der Waals surface area contributed by atoms with Crippen LogP contribution in [0.2, 0.25) is 0 Å². The maximum absolute atomic E-state index is 6.48. The number of pyridine rings is 1. The highest BCUT2D eigenvalue weighted by atomic mass is 16.5. The molecule has 0 bridgehead atoms. The van der Waals surface area contributed by atoms with E-state index >= 15 is 0 Å². The first-order valence-electron chi connectivity index (χ1n) is 13.9. The van der Waals surface area contributed by atoms with Crippen molar-refractivity contribution in [3.05, 3.63) is 107 Å². The molecule has 6 aromatic rings. The predicted octanol–water partition coefficient (Wildman–Crippen LogP) is 8.71. The van der Waals surface area contributed by atoms with Crippen LogP contribution in [0.3, 0.4) is 0 Å². The van der Waals surface area contributed by atoms with Crippen molar-refractivity contribution in [2.24, 2.45) is 0 Å². The maximum atomic E-state index is 6.48. The van der Waals surface area contributed by atoms with Gasteiger partial charge >= 0.3 is 0 Å². The van der Waals surface area contributed by atoms with Crippen LogP contribution in [0.25, 0.3) is 33.3 Å². The molecule has 3 aromatic carbocycles. The van der Waals surface area contributed by atoms with Gasteiger partial charge in [-0.05, 0) is 78.4 Å². The van der Waals surface area contributed by atoms with E-state index in [0.717, 1.165) is 39.9 Å². The molecule has 0 aliphatic carbocycles. The fourth-order valence-corrected chi connectivity index (χ4v) is 6.25. The van der Waals surface area contributed by atoms with E-state index in [9.17, 15) is 0 Å². The molecule has 3 aromatic heterocycles. The van der Waals surface area contributed by atoms with Crippen LogP contribution in [-0.4, -0.2) is 19.3 Å². The Labute approximate surface area is 235 Å². The van der Waals surface area contributed by atoms with Gasteiger partial charge < -0.3 is 4.74 Å². The summed E-state index contributed by atoms with van der Waals surface area (Å²) in [4.78, 5) is 4.88. The summed E-state index contributed by atoms with van der Waals surface area (Å²) in [6.07, 6.45) is 1.89. The van der Waals surface area contributed by atoms with Crippen LogP contribution in [-0.2, 0) is 10.8 Å². The van der Waals surface area contributed by atoms with Crippen molar-refractivity contribution in [1.29, 1.82) is 0 Å². The number of hydrogen-bond acceptors (Lipinski definition) is 3. The summed E-state index contributed by atoms with van der Waals surface area (Å²) in [6.45, 7) is 15.6. The Hall–Kier alpha value is -4.38. The molecule has 0 N–H and O–H groups in total. The lowest BCUT2D eigenvalue weighted by Crippen LogP contribution is -2.27. The minimum atomic E-state index is -0.187. The van der Waals surface area contributed by atoms with Crippen LogP contribution in [0.5, 0.6) is 11.5 Å². The Morgan fingerprint density at radius 3 is 2.35 bits per heavy atom. The zero-order chi connectivity index (χ0) is 28.0. The summed E-state index contributed by atoms with van der Waals surface area (Å²) in [5, 5.41) is 7.08. The number of ether oxygens (including phenoxy) is 1. The summed E-state index contributed by atoms with van der Waals surface area (Å²) >= 11 is 0. The standard InChI is InChI=1S/C35H34N4O/c1-21-16-22(2)39(37-21)24-10-8-11-25(19-24)40-26-13-14-29-31(20-26)38-32-28(27-12-9-15-36-33(27)38)17-23(34(3,4)5)18-30(32)35(29,6)7/h8-20H,1-7H3. The Bertz CT molecular complexity index is 1970. The number of nitrogens with zero attached hydrogens (tertiary/aromatic N) is 4. The number of fused-ring (bicyclic) bond motifs is 5. The molecule has 0 unspecified atom stereocenters. The first-order valence-corrected chi connectivity index (χ1v) is 13.9. The molecule has 0 spiro atoms. The van der Waals surface area contributed by atoms with E-state index in [2.05, 4.69) is 99.7 Å². The molecule has 0 radical (unpaired) electrons. The summed E-state index contributed by atoms with van der Waals surface area (Å²) in [7, 11) is 0. The van der Waals surface area contributed by atoms with Gasteiger partial charge in [0.25, 0.3) is 0 Å². The Morgan fingerprint density at radius 2 is 1.60 bits per heavy atom. The van der Waals surface area contributed by atoms with E-state index in [1.165, 1.54) is 33.0 Å². The summed E-state index contributed by atoms with van der Waals surface area (Å²) < 4.78 is 10.8. The normalized spacial score (nSPS) is 14.1. The number of aryl methyl sites for hydroxylation is 2. The number of benzene rings is 3. The van der Waals surface area contributed by atoms with Crippen molar-refractivity contribution in [2.75, 3.05) is 0 Å². The van der Waals surface area contributed by atoms with Gasteiger partial charge in [-0.25, -0.2) is 9.67 Å². The van der Waals surface area contributed by atoms with E-state index in [4.69, 9.17) is 9.72 Å². The molecule has 0 saturated heterocycles. The number of rotatable bonds is 3. The monoisotopic (exact) mass is 526 g/mol. The minimum Gasteiger partial charge on any atom is -0.457 e. The van der Waals surface area contributed by atoms with Crippen LogP contribution in [0.4, 0.5) is 0 Å². The van der Waals surface area contributed by atoms with Crippen molar-refractivity contribution >= 4 is 21.9 Å². The van der Waals surface area contributed by atoms with Gasteiger partial charge in [-0.15, -0.1) is 0 Å². The quantitative estimate of drug-likeness (QED) is 0.232. The van der Waals surface area contributed by atoms with Gasteiger partial charge in [-0.2, -0.15) is 5.10 Å². The Balaban J connectivity index is 1.41. The van der Waals surface area contributed by atoms with E-state index in [-0.39, 0.29) is 10.8 Å². The number of hydrogen-bond donors (Lipinski definition) is 0. The van der Waals surface area contributed by atoms with Crippen molar-refractivity contribution in [3.8, 4) is 22.9 Å².